The Hall–Kier alpha value is -0.740. The molecule has 3 nitrogen and oxygen atoms in total. The first-order chi connectivity index (χ1) is 5.66. The van der Waals surface area contributed by atoms with E-state index in [0.29, 0.717) is 17.4 Å². The summed E-state index contributed by atoms with van der Waals surface area (Å²) in [5, 5.41) is 18.4. The van der Waals surface area contributed by atoms with Gasteiger partial charge in [-0.05, 0) is 40.5 Å². The first kappa shape index (κ1) is 9.35. The third-order valence-corrected chi connectivity index (χ3v) is 2.47. The Labute approximate surface area is 79.0 Å². The monoisotopic (exact) mass is 231 g/mol. The van der Waals surface area contributed by atoms with Crippen LogP contribution in [0.4, 0.5) is 0 Å². The van der Waals surface area contributed by atoms with Crippen molar-refractivity contribution in [2.75, 3.05) is 6.54 Å². The van der Waals surface area contributed by atoms with Gasteiger partial charge in [-0.15, -0.1) is 0 Å². The van der Waals surface area contributed by atoms with Crippen LogP contribution >= 0.6 is 15.9 Å². The van der Waals surface area contributed by atoms with Crippen LogP contribution in [0.15, 0.2) is 16.6 Å². The molecule has 0 bridgehead atoms. The number of benzene rings is 1. The van der Waals surface area contributed by atoms with Crippen LogP contribution in [0.25, 0.3) is 0 Å². The number of halogens is 1. The van der Waals surface area contributed by atoms with E-state index in [4.69, 9.17) is 10.8 Å². The van der Waals surface area contributed by atoms with Crippen LogP contribution in [0.2, 0.25) is 0 Å². The quantitative estimate of drug-likeness (QED) is 0.674. The van der Waals surface area contributed by atoms with Crippen LogP contribution in [0.5, 0.6) is 11.5 Å². The van der Waals surface area contributed by atoms with Crippen molar-refractivity contribution >= 4 is 15.9 Å². The Morgan fingerprint density at radius 2 is 2.00 bits per heavy atom. The molecule has 0 unspecified atom stereocenters. The zero-order valence-corrected chi connectivity index (χ0v) is 8.00. The normalized spacial score (nSPS) is 10.2. The SMILES string of the molecule is NCCc1ccc(O)c(O)c1Br. The summed E-state index contributed by atoms with van der Waals surface area (Å²) in [7, 11) is 0. The first-order valence-corrected chi connectivity index (χ1v) is 4.35. The maximum Gasteiger partial charge on any atom is 0.172 e. The molecule has 1 aromatic rings. The van der Waals surface area contributed by atoms with Crippen molar-refractivity contribution in [2.45, 2.75) is 6.42 Å². The topological polar surface area (TPSA) is 66.5 Å². The van der Waals surface area contributed by atoms with Crippen LogP contribution < -0.4 is 5.73 Å². The Bertz CT molecular complexity index is 289. The lowest BCUT2D eigenvalue weighted by molar-refractivity contribution is 0.400. The van der Waals surface area contributed by atoms with Gasteiger partial charge in [-0.1, -0.05) is 6.07 Å². The van der Waals surface area contributed by atoms with Crippen LogP contribution in [-0.4, -0.2) is 16.8 Å². The molecule has 4 heteroatoms. The third-order valence-electron chi connectivity index (χ3n) is 1.59. The van der Waals surface area contributed by atoms with Crippen molar-refractivity contribution in [1.29, 1.82) is 0 Å². The van der Waals surface area contributed by atoms with Gasteiger partial charge in [0.1, 0.15) is 0 Å². The molecule has 4 N–H and O–H groups in total. The third kappa shape index (κ3) is 1.70. The van der Waals surface area contributed by atoms with Gasteiger partial charge in [0.15, 0.2) is 11.5 Å². The highest BCUT2D eigenvalue weighted by Crippen LogP contribution is 2.35. The highest BCUT2D eigenvalue weighted by molar-refractivity contribution is 9.10. The molecule has 0 saturated carbocycles. The van der Waals surface area contributed by atoms with Crippen molar-refractivity contribution in [3.05, 3.63) is 22.2 Å². The number of nitrogens with two attached hydrogens (primary N) is 1. The molecular weight excluding hydrogens is 222 g/mol. The van der Waals surface area contributed by atoms with E-state index in [1.54, 1.807) is 6.07 Å². The average Bonchev–Trinajstić information content (AvgIpc) is 2.07. The van der Waals surface area contributed by atoms with Crippen LogP contribution in [0.3, 0.4) is 0 Å². The van der Waals surface area contributed by atoms with Gasteiger partial charge in [0.25, 0.3) is 0 Å². The summed E-state index contributed by atoms with van der Waals surface area (Å²) < 4.78 is 0.521. The summed E-state index contributed by atoms with van der Waals surface area (Å²) in [6.07, 6.45) is 0.675. The second-order valence-corrected chi connectivity index (χ2v) is 3.24. The smallest absolute Gasteiger partial charge is 0.172 e. The summed E-state index contributed by atoms with van der Waals surface area (Å²) in [6, 6.07) is 3.18. The predicted molar refractivity (Wildman–Crippen MR) is 50.2 cm³/mol. The standard InChI is InChI=1S/C8H10BrNO2/c9-7-5(3-4-10)1-2-6(11)8(7)12/h1-2,11-12H,3-4,10H2. The van der Waals surface area contributed by atoms with Crippen LogP contribution in [0.1, 0.15) is 5.56 Å². The number of phenolic OH excluding ortho intramolecular Hbond substituents is 2. The predicted octanol–water partition coefficient (Wildman–Crippen LogP) is 1.36. The highest BCUT2D eigenvalue weighted by atomic mass is 79.9. The number of hydrogen-bond donors (Lipinski definition) is 3. The van der Waals surface area contributed by atoms with Gasteiger partial charge in [-0.2, -0.15) is 0 Å². The Morgan fingerprint density at radius 3 is 2.58 bits per heavy atom. The van der Waals surface area contributed by atoms with E-state index in [-0.39, 0.29) is 11.5 Å². The number of rotatable bonds is 2. The molecule has 0 fully saturated rings. The molecule has 12 heavy (non-hydrogen) atoms. The fourth-order valence-electron chi connectivity index (χ4n) is 0.945. The van der Waals surface area contributed by atoms with Gasteiger partial charge >= 0.3 is 0 Å². The van der Waals surface area contributed by atoms with E-state index >= 15 is 0 Å². The van der Waals surface area contributed by atoms with E-state index in [1.165, 1.54) is 6.07 Å². The van der Waals surface area contributed by atoms with Crippen molar-refractivity contribution < 1.29 is 10.2 Å². The molecule has 0 aliphatic rings. The Balaban J connectivity index is 3.08. The summed E-state index contributed by atoms with van der Waals surface area (Å²) >= 11 is 3.17. The van der Waals surface area contributed by atoms with E-state index in [0.717, 1.165) is 5.56 Å². The fourth-order valence-corrected chi connectivity index (χ4v) is 1.48. The molecule has 0 aromatic heterocycles. The highest BCUT2D eigenvalue weighted by Gasteiger charge is 2.07. The average molecular weight is 232 g/mol. The summed E-state index contributed by atoms with van der Waals surface area (Å²) in [5.74, 6) is -0.247. The largest absolute Gasteiger partial charge is 0.504 e. The minimum Gasteiger partial charge on any atom is -0.504 e. The van der Waals surface area contributed by atoms with Gasteiger partial charge in [-0.3, -0.25) is 0 Å². The maximum atomic E-state index is 9.28. The van der Waals surface area contributed by atoms with Crippen molar-refractivity contribution in [1.82, 2.24) is 0 Å². The van der Waals surface area contributed by atoms with Gasteiger partial charge in [0.2, 0.25) is 0 Å². The molecule has 0 amide bonds. The fraction of sp³-hybridized carbons (Fsp3) is 0.250. The van der Waals surface area contributed by atoms with Gasteiger partial charge in [-0.25, -0.2) is 0 Å². The van der Waals surface area contributed by atoms with E-state index in [2.05, 4.69) is 15.9 Å². The molecule has 0 saturated heterocycles. The number of phenols is 2. The molecule has 66 valence electrons. The Kier molecular flexibility index (Phi) is 2.94. The molecule has 0 aliphatic carbocycles. The lowest BCUT2D eigenvalue weighted by Gasteiger charge is -2.05. The van der Waals surface area contributed by atoms with Crippen molar-refractivity contribution in [2.24, 2.45) is 5.73 Å². The van der Waals surface area contributed by atoms with E-state index in [9.17, 15) is 5.11 Å². The molecule has 1 rings (SSSR count). The molecule has 0 atom stereocenters. The second-order valence-electron chi connectivity index (χ2n) is 2.45. The van der Waals surface area contributed by atoms with Crippen LogP contribution in [-0.2, 0) is 6.42 Å². The van der Waals surface area contributed by atoms with Crippen LogP contribution in [0, 0.1) is 0 Å². The molecule has 0 spiro atoms. The molecule has 1 aromatic carbocycles. The zero-order valence-electron chi connectivity index (χ0n) is 6.42. The Morgan fingerprint density at radius 1 is 1.33 bits per heavy atom. The van der Waals surface area contributed by atoms with Crippen molar-refractivity contribution in [3.8, 4) is 11.5 Å². The summed E-state index contributed by atoms with van der Waals surface area (Å²) in [6.45, 7) is 0.517. The molecular formula is C8H10BrNO2. The minimum atomic E-state index is -0.124. The molecule has 0 aliphatic heterocycles. The second kappa shape index (κ2) is 3.78. The van der Waals surface area contributed by atoms with Gasteiger partial charge in [0, 0.05) is 0 Å². The van der Waals surface area contributed by atoms with E-state index in [1.807, 2.05) is 0 Å². The minimum absolute atomic E-state index is 0.123. The maximum absolute atomic E-state index is 9.28. The first-order valence-electron chi connectivity index (χ1n) is 3.56. The van der Waals surface area contributed by atoms with Crippen molar-refractivity contribution in [3.63, 3.8) is 0 Å². The molecule has 0 heterocycles. The summed E-state index contributed by atoms with van der Waals surface area (Å²) in [4.78, 5) is 0. The van der Waals surface area contributed by atoms with E-state index < -0.39 is 0 Å². The number of hydrogen-bond acceptors (Lipinski definition) is 3. The lowest BCUT2D eigenvalue weighted by Crippen LogP contribution is -2.03. The number of aromatic hydroxyl groups is 2. The zero-order chi connectivity index (χ0) is 9.14. The van der Waals surface area contributed by atoms with Gasteiger partial charge in [0.05, 0.1) is 4.47 Å². The molecule has 0 radical (unpaired) electrons. The lowest BCUT2D eigenvalue weighted by atomic mass is 10.1. The summed E-state index contributed by atoms with van der Waals surface area (Å²) in [5.41, 5.74) is 6.25. The van der Waals surface area contributed by atoms with Gasteiger partial charge < -0.3 is 15.9 Å².